The molecule has 0 saturated carbocycles. The van der Waals surface area contributed by atoms with Gasteiger partial charge in [-0.05, 0) is 40.8 Å². The van der Waals surface area contributed by atoms with Crippen LogP contribution in [0.1, 0.15) is 0 Å². The number of para-hydroxylation sites is 1. The van der Waals surface area contributed by atoms with E-state index in [1.807, 2.05) is 0 Å². The highest BCUT2D eigenvalue weighted by Crippen LogP contribution is 2.33. The molecule has 106 valence electrons. The molecule has 5 nitrogen and oxygen atoms in total. The van der Waals surface area contributed by atoms with Crippen LogP contribution < -0.4 is 5.73 Å². The SMILES string of the molecule is Nc1ccc(Cl)c(-c2nnnn2-c2c(Cl)cccc2Cl)c1. The Hall–Kier alpha value is -1.82. The van der Waals surface area contributed by atoms with Gasteiger partial charge in [-0.25, -0.2) is 0 Å². The number of nitrogens with zero attached hydrogens (tertiary/aromatic N) is 4. The summed E-state index contributed by atoms with van der Waals surface area (Å²) in [6.07, 6.45) is 0. The normalized spacial score (nSPS) is 10.8. The van der Waals surface area contributed by atoms with Crippen molar-refractivity contribution in [2.75, 3.05) is 5.73 Å². The van der Waals surface area contributed by atoms with Gasteiger partial charge < -0.3 is 5.73 Å². The molecule has 0 saturated heterocycles. The summed E-state index contributed by atoms with van der Waals surface area (Å²) < 4.78 is 1.44. The predicted molar refractivity (Wildman–Crippen MR) is 84.0 cm³/mol. The van der Waals surface area contributed by atoms with E-state index in [9.17, 15) is 0 Å². The number of anilines is 1. The number of hydrogen-bond acceptors (Lipinski definition) is 4. The first-order valence-electron chi connectivity index (χ1n) is 5.86. The molecule has 3 aromatic rings. The largest absolute Gasteiger partial charge is 0.399 e. The van der Waals surface area contributed by atoms with Crippen LogP contribution in [0.5, 0.6) is 0 Å². The average Bonchev–Trinajstić information content (AvgIpc) is 2.90. The van der Waals surface area contributed by atoms with Crippen molar-refractivity contribution >= 4 is 40.5 Å². The molecule has 3 rings (SSSR count). The number of aromatic nitrogens is 4. The van der Waals surface area contributed by atoms with Crippen LogP contribution in [0.2, 0.25) is 15.1 Å². The van der Waals surface area contributed by atoms with E-state index >= 15 is 0 Å². The maximum atomic E-state index is 6.20. The summed E-state index contributed by atoms with van der Waals surface area (Å²) >= 11 is 18.6. The number of nitrogen functional groups attached to an aromatic ring is 1. The fourth-order valence-corrected chi connectivity index (χ4v) is 2.67. The first kappa shape index (κ1) is 14.1. The minimum absolute atomic E-state index is 0.405. The lowest BCUT2D eigenvalue weighted by Gasteiger charge is -2.09. The van der Waals surface area contributed by atoms with Gasteiger partial charge in [0.2, 0.25) is 0 Å². The van der Waals surface area contributed by atoms with E-state index in [1.165, 1.54) is 4.68 Å². The Balaban J connectivity index is 2.25. The van der Waals surface area contributed by atoms with E-state index in [0.717, 1.165) is 0 Å². The first-order valence-corrected chi connectivity index (χ1v) is 6.99. The predicted octanol–water partition coefficient (Wildman–Crippen LogP) is 3.87. The smallest absolute Gasteiger partial charge is 0.188 e. The minimum atomic E-state index is 0.405. The van der Waals surface area contributed by atoms with Gasteiger partial charge >= 0.3 is 0 Å². The van der Waals surface area contributed by atoms with Gasteiger partial charge in [-0.15, -0.1) is 5.10 Å². The van der Waals surface area contributed by atoms with E-state index in [1.54, 1.807) is 36.4 Å². The Morgan fingerprint density at radius 3 is 2.38 bits per heavy atom. The van der Waals surface area contributed by atoms with Crippen LogP contribution in [0.3, 0.4) is 0 Å². The number of benzene rings is 2. The quantitative estimate of drug-likeness (QED) is 0.719. The van der Waals surface area contributed by atoms with E-state index in [-0.39, 0.29) is 0 Å². The highest BCUT2D eigenvalue weighted by molar-refractivity contribution is 6.37. The molecule has 1 aromatic heterocycles. The van der Waals surface area contributed by atoms with Crippen molar-refractivity contribution in [2.45, 2.75) is 0 Å². The van der Waals surface area contributed by atoms with Crippen LogP contribution in [-0.2, 0) is 0 Å². The molecule has 0 aliphatic carbocycles. The molecule has 2 N–H and O–H groups in total. The zero-order chi connectivity index (χ0) is 15.0. The summed E-state index contributed by atoms with van der Waals surface area (Å²) in [5.74, 6) is 0.405. The summed E-state index contributed by atoms with van der Waals surface area (Å²) in [4.78, 5) is 0. The van der Waals surface area contributed by atoms with Crippen LogP contribution in [0.15, 0.2) is 36.4 Å². The Morgan fingerprint density at radius 2 is 1.67 bits per heavy atom. The van der Waals surface area contributed by atoms with E-state index in [0.29, 0.717) is 37.8 Å². The molecule has 2 aromatic carbocycles. The van der Waals surface area contributed by atoms with Gasteiger partial charge in [0.25, 0.3) is 0 Å². The lowest BCUT2D eigenvalue weighted by Crippen LogP contribution is -2.02. The van der Waals surface area contributed by atoms with Gasteiger partial charge in [0.1, 0.15) is 5.69 Å². The van der Waals surface area contributed by atoms with Gasteiger partial charge in [-0.1, -0.05) is 40.9 Å². The zero-order valence-corrected chi connectivity index (χ0v) is 12.7. The van der Waals surface area contributed by atoms with E-state index in [2.05, 4.69) is 15.5 Å². The standard InChI is InChI=1S/C13H8Cl3N5/c14-9-5-4-7(17)6-8(9)13-18-19-20-21(13)12-10(15)2-1-3-11(12)16/h1-6H,17H2. The van der Waals surface area contributed by atoms with Crippen LogP contribution in [0, 0.1) is 0 Å². The number of tetrazole rings is 1. The summed E-state index contributed by atoms with van der Waals surface area (Å²) in [5, 5.41) is 12.9. The van der Waals surface area contributed by atoms with E-state index < -0.39 is 0 Å². The van der Waals surface area contributed by atoms with Crippen molar-refractivity contribution in [1.82, 2.24) is 20.2 Å². The second-order valence-corrected chi connectivity index (χ2v) is 5.45. The molecule has 1 heterocycles. The zero-order valence-electron chi connectivity index (χ0n) is 10.5. The first-order chi connectivity index (χ1) is 10.1. The monoisotopic (exact) mass is 339 g/mol. The van der Waals surface area contributed by atoms with Crippen molar-refractivity contribution < 1.29 is 0 Å². The number of halogens is 3. The van der Waals surface area contributed by atoms with Crippen LogP contribution in [0.4, 0.5) is 5.69 Å². The third-order valence-corrected chi connectivity index (χ3v) is 3.79. The van der Waals surface area contributed by atoms with Crippen molar-refractivity contribution in [3.63, 3.8) is 0 Å². The number of hydrogen-bond donors (Lipinski definition) is 1. The van der Waals surface area contributed by atoms with Gasteiger partial charge in [0.05, 0.1) is 15.1 Å². The van der Waals surface area contributed by atoms with Crippen molar-refractivity contribution in [1.29, 1.82) is 0 Å². The molecule has 0 aliphatic rings. The van der Waals surface area contributed by atoms with Crippen molar-refractivity contribution in [3.8, 4) is 17.1 Å². The molecular formula is C13H8Cl3N5. The van der Waals surface area contributed by atoms with Crippen molar-refractivity contribution in [2.24, 2.45) is 0 Å². The van der Waals surface area contributed by atoms with Gasteiger partial charge in [-0.2, -0.15) is 4.68 Å². The molecule has 0 unspecified atom stereocenters. The summed E-state index contributed by atoms with van der Waals surface area (Å²) in [5.41, 5.74) is 7.42. The van der Waals surface area contributed by atoms with E-state index in [4.69, 9.17) is 40.5 Å². The second kappa shape index (κ2) is 5.52. The van der Waals surface area contributed by atoms with Crippen LogP contribution in [-0.4, -0.2) is 20.2 Å². The molecule has 0 bridgehead atoms. The molecule has 0 amide bonds. The minimum Gasteiger partial charge on any atom is -0.399 e. The lowest BCUT2D eigenvalue weighted by atomic mass is 10.2. The molecule has 0 aliphatic heterocycles. The molecule has 8 heteroatoms. The Labute approximate surface area is 135 Å². The van der Waals surface area contributed by atoms with Gasteiger partial charge in [0.15, 0.2) is 5.82 Å². The summed E-state index contributed by atoms with van der Waals surface area (Å²) in [7, 11) is 0. The Morgan fingerprint density at radius 1 is 0.952 bits per heavy atom. The average molecular weight is 341 g/mol. The molecule has 0 fully saturated rings. The highest BCUT2D eigenvalue weighted by atomic mass is 35.5. The third kappa shape index (κ3) is 2.55. The third-order valence-electron chi connectivity index (χ3n) is 2.85. The fourth-order valence-electron chi connectivity index (χ4n) is 1.91. The van der Waals surface area contributed by atoms with Gasteiger partial charge in [0, 0.05) is 11.3 Å². The highest BCUT2D eigenvalue weighted by Gasteiger charge is 2.18. The molecular weight excluding hydrogens is 333 g/mol. The maximum Gasteiger partial charge on any atom is 0.188 e. The fraction of sp³-hybridized carbons (Fsp3) is 0. The number of rotatable bonds is 2. The molecule has 0 radical (unpaired) electrons. The second-order valence-electron chi connectivity index (χ2n) is 4.22. The topological polar surface area (TPSA) is 69.6 Å². The Bertz CT molecular complexity index is 795. The Kier molecular flexibility index (Phi) is 3.71. The summed E-state index contributed by atoms with van der Waals surface area (Å²) in [6.45, 7) is 0. The molecule has 21 heavy (non-hydrogen) atoms. The van der Waals surface area contributed by atoms with Gasteiger partial charge in [-0.3, -0.25) is 0 Å². The van der Waals surface area contributed by atoms with Crippen molar-refractivity contribution in [3.05, 3.63) is 51.5 Å². The number of nitrogens with two attached hydrogens (primary N) is 1. The molecule has 0 spiro atoms. The summed E-state index contributed by atoms with van der Waals surface area (Å²) in [6, 6.07) is 10.2. The van der Waals surface area contributed by atoms with Crippen LogP contribution in [0.25, 0.3) is 17.1 Å². The van der Waals surface area contributed by atoms with Crippen LogP contribution >= 0.6 is 34.8 Å². The molecule has 0 atom stereocenters. The maximum absolute atomic E-state index is 6.20. The lowest BCUT2D eigenvalue weighted by molar-refractivity contribution is 0.791.